The average Bonchev–Trinajstić information content (AvgIpc) is 3.67. The molecule has 4 heteroatoms. The van der Waals surface area contributed by atoms with Gasteiger partial charge in [0.15, 0.2) is 5.82 Å². The van der Waals surface area contributed by atoms with E-state index in [9.17, 15) is 0 Å². The highest BCUT2D eigenvalue weighted by molar-refractivity contribution is 7.26. The van der Waals surface area contributed by atoms with Gasteiger partial charge in [-0.05, 0) is 46.5 Å². The minimum Gasteiger partial charge on any atom is -0.227 e. The first-order valence-electron chi connectivity index (χ1n) is 14.7. The van der Waals surface area contributed by atoms with Crippen LogP contribution in [-0.4, -0.2) is 9.97 Å². The molecule has 0 N–H and O–H groups in total. The van der Waals surface area contributed by atoms with Gasteiger partial charge in [0.2, 0.25) is 0 Å². The SMILES string of the molecule is c1ccc(-c2ccc(-c3nc(-c4cccc(-c5cccc6sc7ccccc7c56)c4)c4c(n3)sc3ccccc34)cc2)cc1. The molecule has 0 unspecified atom stereocenters. The highest BCUT2D eigenvalue weighted by Gasteiger charge is 2.18. The Labute approximate surface area is 262 Å². The van der Waals surface area contributed by atoms with Gasteiger partial charge in [-0.3, -0.25) is 0 Å². The smallest absolute Gasteiger partial charge is 0.161 e. The lowest BCUT2D eigenvalue weighted by Gasteiger charge is -2.11. The molecule has 0 atom stereocenters. The Morgan fingerprint density at radius 1 is 0.386 bits per heavy atom. The van der Waals surface area contributed by atoms with Crippen LogP contribution in [0.2, 0.25) is 0 Å². The Kier molecular flexibility index (Phi) is 5.90. The van der Waals surface area contributed by atoms with Crippen molar-refractivity contribution in [3.63, 3.8) is 0 Å². The second kappa shape index (κ2) is 10.2. The van der Waals surface area contributed by atoms with Gasteiger partial charge >= 0.3 is 0 Å². The van der Waals surface area contributed by atoms with Gasteiger partial charge in [-0.25, -0.2) is 9.97 Å². The van der Waals surface area contributed by atoms with E-state index >= 15 is 0 Å². The number of hydrogen-bond acceptors (Lipinski definition) is 4. The molecule has 206 valence electrons. The third-order valence-electron chi connectivity index (χ3n) is 8.34. The highest BCUT2D eigenvalue weighted by Crippen LogP contribution is 2.43. The molecule has 44 heavy (non-hydrogen) atoms. The Bertz CT molecular complexity index is 2490. The van der Waals surface area contributed by atoms with Crippen LogP contribution in [0.4, 0.5) is 0 Å². The molecule has 0 saturated carbocycles. The van der Waals surface area contributed by atoms with E-state index in [1.807, 2.05) is 17.4 Å². The molecule has 3 heterocycles. The number of rotatable bonds is 4. The summed E-state index contributed by atoms with van der Waals surface area (Å²) in [6.45, 7) is 0. The highest BCUT2D eigenvalue weighted by atomic mass is 32.1. The van der Waals surface area contributed by atoms with Gasteiger partial charge in [0.05, 0.1) is 5.69 Å². The summed E-state index contributed by atoms with van der Waals surface area (Å²) in [5.41, 5.74) is 7.90. The van der Waals surface area contributed by atoms with Gasteiger partial charge in [-0.15, -0.1) is 22.7 Å². The van der Waals surface area contributed by atoms with Gasteiger partial charge in [-0.2, -0.15) is 0 Å². The number of hydrogen-bond donors (Lipinski definition) is 0. The van der Waals surface area contributed by atoms with Crippen LogP contribution in [0.5, 0.6) is 0 Å². The van der Waals surface area contributed by atoms with Gasteiger partial charge in [0.25, 0.3) is 0 Å². The molecule has 0 fully saturated rings. The Morgan fingerprint density at radius 2 is 0.977 bits per heavy atom. The molecule has 9 rings (SSSR count). The second-order valence-corrected chi connectivity index (χ2v) is 13.1. The molecule has 0 aliphatic rings. The first-order chi connectivity index (χ1) is 21.8. The monoisotopic (exact) mass is 596 g/mol. The summed E-state index contributed by atoms with van der Waals surface area (Å²) >= 11 is 3.59. The summed E-state index contributed by atoms with van der Waals surface area (Å²) < 4.78 is 3.85. The molecule has 0 aliphatic carbocycles. The maximum absolute atomic E-state index is 5.30. The third-order valence-corrected chi connectivity index (χ3v) is 10.5. The van der Waals surface area contributed by atoms with E-state index in [4.69, 9.17) is 9.97 Å². The van der Waals surface area contributed by atoms with Crippen LogP contribution < -0.4 is 0 Å². The van der Waals surface area contributed by atoms with Crippen molar-refractivity contribution in [3.8, 4) is 44.9 Å². The summed E-state index contributed by atoms with van der Waals surface area (Å²) in [6.07, 6.45) is 0. The number of fused-ring (bicyclic) bond motifs is 6. The van der Waals surface area contributed by atoms with Gasteiger partial charge in [0.1, 0.15) is 4.83 Å². The molecule has 0 amide bonds. The molecule has 3 aromatic heterocycles. The number of aromatic nitrogens is 2. The fourth-order valence-corrected chi connectivity index (χ4v) is 8.46. The quantitative estimate of drug-likeness (QED) is 0.202. The van der Waals surface area contributed by atoms with E-state index in [0.717, 1.165) is 32.9 Å². The Morgan fingerprint density at radius 3 is 1.80 bits per heavy atom. The van der Waals surface area contributed by atoms with Crippen molar-refractivity contribution in [1.82, 2.24) is 9.97 Å². The average molecular weight is 597 g/mol. The summed E-state index contributed by atoms with van der Waals surface area (Å²) in [5, 5.41) is 4.94. The van der Waals surface area contributed by atoms with E-state index in [-0.39, 0.29) is 0 Å². The lowest BCUT2D eigenvalue weighted by molar-refractivity contribution is 1.24. The fraction of sp³-hybridized carbons (Fsp3) is 0. The van der Waals surface area contributed by atoms with Crippen LogP contribution in [0.25, 0.3) is 85.4 Å². The summed E-state index contributed by atoms with van der Waals surface area (Å²) in [7, 11) is 0. The summed E-state index contributed by atoms with van der Waals surface area (Å²) in [5.74, 6) is 0.745. The fourth-order valence-electron chi connectivity index (χ4n) is 6.25. The van der Waals surface area contributed by atoms with Crippen LogP contribution in [-0.2, 0) is 0 Å². The predicted molar refractivity (Wildman–Crippen MR) is 190 cm³/mol. The molecule has 0 spiro atoms. The lowest BCUT2D eigenvalue weighted by atomic mass is 9.96. The molecule has 0 radical (unpaired) electrons. The van der Waals surface area contributed by atoms with Crippen LogP contribution >= 0.6 is 22.7 Å². The van der Waals surface area contributed by atoms with E-state index < -0.39 is 0 Å². The third kappa shape index (κ3) is 4.15. The molecule has 6 aromatic carbocycles. The van der Waals surface area contributed by atoms with Crippen molar-refractivity contribution in [1.29, 1.82) is 0 Å². The lowest BCUT2D eigenvalue weighted by Crippen LogP contribution is -1.94. The van der Waals surface area contributed by atoms with Crippen LogP contribution in [0.15, 0.2) is 146 Å². The van der Waals surface area contributed by atoms with E-state index in [1.165, 1.54) is 52.5 Å². The van der Waals surface area contributed by atoms with Crippen molar-refractivity contribution >= 4 is 63.1 Å². The zero-order chi connectivity index (χ0) is 29.0. The van der Waals surface area contributed by atoms with Crippen molar-refractivity contribution in [3.05, 3.63) is 146 Å². The van der Waals surface area contributed by atoms with E-state index in [2.05, 4.69) is 140 Å². The van der Waals surface area contributed by atoms with E-state index in [1.54, 1.807) is 11.3 Å². The standard InChI is InChI=1S/C40H24N2S2/c1-2-10-25(11-3-1)26-20-22-27(23-21-26)39-41-38(37-32-15-5-7-18-34(32)44-40(37)42-39)29-13-8-12-28(24-29)30-16-9-19-35-36(30)31-14-4-6-17-33(31)43-35/h1-24H. The summed E-state index contributed by atoms with van der Waals surface area (Å²) in [4.78, 5) is 11.4. The van der Waals surface area contributed by atoms with Crippen LogP contribution in [0, 0.1) is 0 Å². The van der Waals surface area contributed by atoms with Crippen LogP contribution in [0.3, 0.4) is 0 Å². The molecular formula is C40H24N2S2. The Hall–Kier alpha value is -5.16. The normalized spacial score (nSPS) is 11.6. The van der Waals surface area contributed by atoms with Crippen molar-refractivity contribution in [2.24, 2.45) is 0 Å². The number of nitrogens with zero attached hydrogens (tertiary/aromatic N) is 2. The molecule has 2 nitrogen and oxygen atoms in total. The maximum atomic E-state index is 5.30. The van der Waals surface area contributed by atoms with Crippen LogP contribution in [0.1, 0.15) is 0 Å². The number of thiophene rings is 2. The molecule has 0 aliphatic heterocycles. The maximum Gasteiger partial charge on any atom is 0.161 e. The van der Waals surface area contributed by atoms with Gasteiger partial charge in [-0.1, -0.05) is 121 Å². The summed E-state index contributed by atoms with van der Waals surface area (Å²) in [6, 6.07) is 51.9. The topological polar surface area (TPSA) is 25.8 Å². The molecule has 0 saturated heterocycles. The van der Waals surface area contributed by atoms with E-state index in [0.29, 0.717) is 0 Å². The van der Waals surface area contributed by atoms with Crippen molar-refractivity contribution < 1.29 is 0 Å². The minimum absolute atomic E-state index is 0.745. The molecule has 0 bridgehead atoms. The van der Waals surface area contributed by atoms with Crippen molar-refractivity contribution in [2.75, 3.05) is 0 Å². The van der Waals surface area contributed by atoms with Gasteiger partial charge in [0, 0.05) is 46.8 Å². The van der Waals surface area contributed by atoms with Gasteiger partial charge < -0.3 is 0 Å². The predicted octanol–water partition coefficient (Wildman–Crippen LogP) is 11.9. The minimum atomic E-state index is 0.745. The zero-order valence-electron chi connectivity index (χ0n) is 23.6. The van der Waals surface area contributed by atoms with Crippen molar-refractivity contribution in [2.45, 2.75) is 0 Å². The first kappa shape index (κ1) is 25.3. The second-order valence-electron chi connectivity index (χ2n) is 11.0. The molecular weight excluding hydrogens is 573 g/mol. The molecule has 9 aromatic rings. The number of benzene rings is 6. The largest absolute Gasteiger partial charge is 0.227 e. The Balaban J connectivity index is 1.24. The first-order valence-corrected chi connectivity index (χ1v) is 16.3. The zero-order valence-corrected chi connectivity index (χ0v) is 25.2.